The summed E-state index contributed by atoms with van der Waals surface area (Å²) < 4.78 is 21.7. The van der Waals surface area contributed by atoms with Gasteiger partial charge in [-0.3, -0.25) is 19.3 Å². The van der Waals surface area contributed by atoms with Crippen molar-refractivity contribution < 1.29 is 28.0 Å². The summed E-state index contributed by atoms with van der Waals surface area (Å²) in [5, 5.41) is 10.8. The number of nitrogens with one attached hydrogen (secondary N) is 2. The Kier molecular flexibility index (Phi) is 9.49. The van der Waals surface area contributed by atoms with Gasteiger partial charge in [-0.1, -0.05) is 42.4 Å². The van der Waals surface area contributed by atoms with E-state index in [9.17, 15) is 14.4 Å². The molecule has 0 spiro atoms. The van der Waals surface area contributed by atoms with Crippen LogP contribution in [0.4, 0.5) is 11.4 Å². The largest absolute Gasteiger partial charge is 0.493 e. The van der Waals surface area contributed by atoms with Crippen molar-refractivity contribution in [3.63, 3.8) is 0 Å². The molecule has 0 bridgehead atoms. The number of methoxy groups -OCH3 is 2. The number of aromatic nitrogens is 1. The topological polar surface area (TPSA) is 136 Å². The zero-order valence-corrected chi connectivity index (χ0v) is 26.7. The van der Waals surface area contributed by atoms with Crippen LogP contribution in [0.3, 0.4) is 0 Å². The average Bonchev–Trinajstić information content (AvgIpc) is 3.58. The maximum atomic E-state index is 13.6. The molecular weight excluding hydrogens is 612 g/mol. The van der Waals surface area contributed by atoms with Gasteiger partial charge in [-0.2, -0.15) is 0 Å². The van der Waals surface area contributed by atoms with Gasteiger partial charge in [-0.15, -0.1) is 0 Å². The van der Waals surface area contributed by atoms with Crippen LogP contribution in [0, 0.1) is 0 Å². The van der Waals surface area contributed by atoms with Crippen molar-refractivity contribution in [3.05, 3.63) is 124 Å². The van der Waals surface area contributed by atoms with E-state index < -0.39 is 11.8 Å². The standard InChI is InChI=1S/C37H34N4O7/c1-4-41(22-24-11-14-31-25(17-24)21-38-48-31)16-15-23-9-12-26(13-10-23)39-36(43)28-18-33(45-2)34(46-3)19-29(28)40-37(44)35-20-30(42)27-7-5-6-8-32(27)47-35/h5-14,17-21H,4,15-16,22H2,1-3H3,(H,39,43)(H,40,44). The van der Waals surface area contributed by atoms with Gasteiger partial charge < -0.3 is 29.0 Å². The Hall–Kier alpha value is -5.94. The van der Waals surface area contributed by atoms with Gasteiger partial charge in [0.1, 0.15) is 5.58 Å². The summed E-state index contributed by atoms with van der Waals surface area (Å²) >= 11 is 0. The lowest BCUT2D eigenvalue weighted by Gasteiger charge is -2.20. The third-order valence-corrected chi connectivity index (χ3v) is 8.07. The van der Waals surface area contributed by atoms with Crippen LogP contribution in [0.5, 0.6) is 11.5 Å². The number of carbonyl (C=O) groups is 2. The molecule has 11 heteroatoms. The summed E-state index contributed by atoms with van der Waals surface area (Å²) in [5.41, 5.74) is 3.85. The number of anilines is 2. The number of rotatable bonds is 12. The van der Waals surface area contributed by atoms with Crippen LogP contribution < -0.4 is 25.5 Å². The van der Waals surface area contributed by atoms with Crippen molar-refractivity contribution >= 4 is 45.1 Å². The third-order valence-electron chi connectivity index (χ3n) is 8.07. The Morgan fingerprint density at radius 2 is 1.58 bits per heavy atom. The summed E-state index contributed by atoms with van der Waals surface area (Å²) in [6.07, 6.45) is 2.55. The van der Waals surface area contributed by atoms with Crippen LogP contribution in [-0.4, -0.2) is 49.2 Å². The average molecular weight is 647 g/mol. The van der Waals surface area contributed by atoms with Gasteiger partial charge in [-0.05, 0) is 66.6 Å². The van der Waals surface area contributed by atoms with Crippen molar-refractivity contribution in [2.24, 2.45) is 0 Å². The van der Waals surface area contributed by atoms with Gasteiger partial charge in [0.25, 0.3) is 11.8 Å². The summed E-state index contributed by atoms with van der Waals surface area (Å²) in [6.45, 7) is 4.70. The van der Waals surface area contributed by atoms with Crippen LogP contribution in [0.1, 0.15) is 39.0 Å². The van der Waals surface area contributed by atoms with E-state index in [1.54, 1.807) is 30.5 Å². The lowest BCUT2D eigenvalue weighted by Crippen LogP contribution is -2.25. The number of nitrogens with zero attached hydrogens (tertiary/aromatic N) is 2. The number of fused-ring (bicyclic) bond motifs is 2. The highest BCUT2D eigenvalue weighted by molar-refractivity contribution is 6.12. The lowest BCUT2D eigenvalue weighted by atomic mass is 10.1. The number of hydrogen-bond acceptors (Lipinski definition) is 9. The maximum Gasteiger partial charge on any atom is 0.291 e. The maximum absolute atomic E-state index is 13.6. The van der Waals surface area contributed by atoms with Gasteiger partial charge in [0, 0.05) is 36.3 Å². The molecule has 0 atom stereocenters. The number of para-hydroxylation sites is 1. The van der Waals surface area contributed by atoms with E-state index in [1.807, 2.05) is 30.3 Å². The first-order chi connectivity index (χ1) is 23.3. The molecule has 0 aliphatic carbocycles. The van der Waals surface area contributed by atoms with E-state index in [4.69, 9.17) is 18.4 Å². The smallest absolute Gasteiger partial charge is 0.291 e. The molecule has 0 saturated heterocycles. The molecule has 2 heterocycles. The molecular formula is C37H34N4O7. The fraction of sp³-hybridized carbons (Fsp3) is 0.189. The highest BCUT2D eigenvalue weighted by Crippen LogP contribution is 2.34. The predicted molar refractivity (Wildman–Crippen MR) is 183 cm³/mol. The van der Waals surface area contributed by atoms with Crippen LogP contribution >= 0.6 is 0 Å². The second-order valence-corrected chi connectivity index (χ2v) is 11.1. The van der Waals surface area contributed by atoms with Gasteiger partial charge in [0.05, 0.1) is 37.1 Å². The zero-order valence-electron chi connectivity index (χ0n) is 26.7. The van der Waals surface area contributed by atoms with E-state index in [0.29, 0.717) is 22.6 Å². The second-order valence-electron chi connectivity index (χ2n) is 11.1. The number of amides is 2. The Morgan fingerprint density at radius 1 is 0.833 bits per heavy atom. The zero-order chi connectivity index (χ0) is 33.6. The number of ether oxygens (including phenoxy) is 2. The summed E-state index contributed by atoms with van der Waals surface area (Å²) in [4.78, 5) is 41.8. The minimum Gasteiger partial charge on any atom is -0.493 e. The van der Waals surface area contributed by atoms with Gasteiger partial charge in [0.2, 0.25) is 0 Å². The van der Waals surface area contributed by atoms with E-state index in [-0.39, 0.29) is 28.0 Å². The number of hydrogen-bond donors (Lipinski definition) is 2. The van der Waals surface area contributed by atoms with Gasteiger partial charge in [-0.25, -0.2) is 0 Å². The van der Waals surface area contributed by atoms with Crippen molar-refractivity contribution in [3.8, 4) is 11.5 Å². The normalized spacial score (nSPS) is 11.2. The molecule has 0 radical (unpaired) electrons. The Labute approximate surface area is 276 Å². The SMILES string of the molecule is CCN(CCc1ccc(NC(=O)c2cc(OC)c(OC)cc2NC(=O)c2cc(=O)c3ccccc3o2)cc1)Cc1ccc2oncc2c1. The first-order valence-corrected chi connectivity index (χ1v) is 15.4. The summed E-state index contributed by atoms with van der Waals surface area (Å²) in [6, 6.07) is 24.5. The van der Waals surface area contributed by atoms with E-state index >= 15 is 0 Å². The van der Waals surface area contributed by atoms with Gasteiger partial charge in [0.15, 0.2) is 28.3 Å². The van der Waals surface area contributed by atoms with E-state index in [0.717, 1.165) is 48.7 Å². The Morgan fingerprint density at radius 3 is 2.35 bits per heavy atom. The van der Waals surface area contributed by atoms with Crippen molar-refractivity contribution in [1.82, 2.24) is 10.1 Å². The molecule has 6 aromatic rings. The minimum atomic E-state index is -0.705. The number of benzene rings is 4. The van der Waals surface area contributed by atoms with Crippen LogP contribution in [-0.2, 0) is 13.0 Å². The Balaban J connectivity index is 1.14. The van der Waals surface area contributed by atoms with Crippen LogP contribution in [0.2, 0.25) is 0 Å². The molecule has 0 unspecified atom stereocenters. The number of carbonyl (C=O) groups excluding carboxylic acids is 2. The quantitative estimate of drug-likeness (QED) is 0.152. The highest BCUT2D eigenvalue weighted by atomic mass is 16.5. The van der Waals surface area contributed by atoms with Crippen molar-refractivity contribution in [1.29, 1.82) is 0 Å². The fourth-order valence-corrected chi connectivity index (χ4v) is 5.44. The Bertz CT molecular complexity index is 2150. The number of likely N-dealkylation sites (N-methyl/N-ethyl adjacent to an activating group) is 1. The first-order valence-electron chi connectivity index (χ1n) is 15.4. The molecule has 0 saturated carbocycles. The van der Waals surface area contributed by atoms with E-state index in [2.05, 4.69) is 39.7 Å². The molecule has 244 valence electrons. The second kappa shape index (κ2) is 14.2. The molecule has 2 amide bonds. The minimum absolute atomic E-state index is 0.121. The van der Waals surface area contributed by atoms with E-state index in [1.165, 1.54) is 31.9 Å². The molecule has 4 aromatic carbocycles. The highest BCUT2D eigenvalue weighted by Gasteiger charge is 2.21. The first kappa shape index (κ1) is 32.0. The molecule has 6 rings (SSSR count). The lowest BCUT2D eigenvalue weighted by molar-refractivity contribution is 0.0997. The van der Waals surface area contributed by atoms with Crippen molar-refractivity contribution in [2.45, 2.75) is 19.9 Å². The fourth-order valence-electron chi connectivity index (χ4n) is 5.44. The molecule has 0 aliphatic heterocycles. The molecule has 48 heavy (non-hydrogen) atoms. The van der Waals surface area contributed by atoms with Crippen molar-refractivity contribution in [2.75, 3.05) is 37.9 Å². The molecule has 2 N–H and O–H groups in total. The molecule has 0 aliphatic rings. The van der Waals surface area contributed by atoms with Crippen LogP contribution in [0.25, 0.3) is 21.9 Å². The van der Waals surface area contributed by atoms with Crippen LogP contribution in [0.15, 0.2) is 105 Å². The monoisotopic (exact) mass is 646 g/mol. The summed E-state index contributed by atoms with van der Waals surface area (Å²) in [7, 11) is 2.90. The summed E-state index contributed by atoms with van der Waals surface area (Å²) in [5.74, 6) is -0.790. The predicted octanol–water partition coefficient (Wildman–Crippen LogP) is 6.52. The third kappa shape index (κ3) is 7.06. The van der Waals surface area contributed by atoms with Gasteiger partial charge >= 0.3 is 0 Å². The molecule has 0 fully saturated rings. The molecule has 2 aromatic heterocycles. The molecule has 11 nitrogen and oxygen atoms in total.